The van der Waals surface area contributed by atoms with Gasteiger partial charge >= 0.3 is 0 Å². The van der Waals surface area contributed by atoms with Crippen LogP contribution in [0, 0.1) is 40.9 Å². The first-order valence-corrected chi connectivity index (χ1v) is 9.18. The highest BCUT2D eigenvalue weighted by molar-refractivity contribution is 5.83. The van der Waals surface area contributed by atoms with E-state index in [0.29, 0.717) is 23.7 Å². The Bertz CT molecular complexity index is 355. The first kappa shape index (κ1) is 15.4. The van der Waals surface area contributed by atoms with Gasteiger partial charge < -0.3 is 5.32 Å². The van der Waals surface area contributed by atoms with Gasteiger partial charge in [-0.2, -0.15) is 0 Å². The fourth-order valence-corrected chi connectivity index (χ4v) is 6.03. The van der Waals surface area contributed by atoms with Crippen molar-refractivity contribution in [2.45, 2.75) is 66.2 Å². The van der Waals surface area contributed by atoms with Crippen LogP contribution in [-0.4, -0.2) is 12.5 Å². The summed E-state index contributed by atoms with van der Waals surface area (Å²) in [4.78, 5) is 12.9. The topological polar surface area (TPSA) is 29.1 Å². The van der Waals surface area contributed by atoms with E-state index in [-0.39, 0.29) is 5.41 Å². The van der Waals surface area contributed by atoms with Crippen LogP contribution in [0.25, 0.3) is 0 Å². The summed E-state index contributed by atoms with van der Waals surface area (Å²) < 4.78 is 0. The predicted octanol–water partition coefficient (Wildman–Crippen LogP) is 4.25. The largest absolute Gasteiger partial charge is 0.355 e. The maximum Gasteiger partial charge on any atom is 0.226 e. The quantitative estimate of drug-likeness (QED) is 0.806. The third-order valence-electron chi connectivity index (χ3n) is 6.73. The fraction of sp³-hybridized carbons (Fsp3) is 0.947. The van der Waals surface area contributed by atoms with E-state index in [4.69, 9.17) is 0 Å². The van der Waals surface area contributed by atoms with E-state index in [1.165, 1.54) is 38.5 Å². The van der Waals surface area contributed by atoms with E-state index in [1.807, 2.05) is 0 Å². The van der Waals surface area contributed by atoms with Crippen LogP contribution in [0.1, 0.15) is 66.2 Å². The Morgan fingerprint density at radius 3 is 1.76 bits per heavy atom. The van der Waals surface area contributed by atoms with Gasteiger partial charge in [0.25, 0.3) is 0 Å². The maximum absolute atomic E-state index is 12.9. The second kappa shape index (κ2) is 5.59. The summed E-state index contributed by atoms with van der Waals surface area (Å²) in [7, 11) is 0. The van der Waals surface area contributed by atoms with E-state index >= 15 is 0 Å². The number of hydrogen-bond acceptors (Lipinski definition) is 1. The van der Waals surface area contributed by atoms with Crippen molar-refractivity contribution < 1.29 is 4.79 Å². The van der Waals surface area contributed by atoms with Crippen molar-refractivity contribution in [2.24, 2.45) is 40.9 Å². The molecule has 0 atom stereocenters. The molecule has 120 valence electrons. The smallest absolute Gasteiger partial charge is 0.226 e. The van der Waals surface area contributed by atoms with Crippen molar-refractivity contribution >= 4 is 5.91 Å². The number of rotatable bonds is 5. The lowest BCUT2D eigenvalue weighted by atomic mass is 9.49. The molecule has 4 aliphatic carbocycles. The third-order valence-corrected chi connectivity index (χ3v) is 6.73. The molecule has 4 rings (SSSR count). The molecule has 0 aliphatic heterocycles. The zero-order valence-electron chi connectivity index (χ0n) is 14.3. The summed E-state index contributed by atoms with van der Waals surface area (Å²) in [5.74, 6) is 4.84. The highest BCUT2D eigenvalue weighted by atomic mass is 16.2. The van der Waals surface area contributed by atoms with E-state index in [9.17, 15) is 4.79 Å². The number of hydrogen-bond donors (Lipinski definition) is 1. The molecule has 0 heterocycles. The van der Waals surface area contributed by atoms with Gasteiger partial charge in [0.1, 0.15) is 0 Å². The Morgan fingerprint density at radius 1 is 0.952 bits per heavy atom. The molecule has 0 aromatic rings. The molecule has 1 amide bonds. The minimum absolute atomic E-state index is 0.0211. The van der Waals surface area contributed by atoms with Crippen LogP contribution in [0.5, 0.6) is 0 Å². The fourth-order valence-electron chi connectivity index (χ4n) is 6.03. The van der Waals surface area contributed by atoms with E-state index in [1.54, 1.807) is 0 Å². The summed E-state index contributed by atoms with van der Waals surface area (Å²) in [6, 6.07) is 0. The summed E-state index contributed by atoms with van der Waals surface area (Å²) in [6.45, 7) is 9.99. The zero-order valence-corrected chi connectivity index (χ0v) is 14.3. The van der Waals surface area contributed by atoms with E-state index in [2.05, 4.69) is 33.0 Å². The predicted molar refractivity (Wildman–Crippen MR) is 86.8 cm³/mol. The van der Waals surface area contributed by atoms with Gasteiger partial charge in [-0.1, -0.05) is 27.7 Å². The number of amides is 1. The highest BCUT2D eigenvalue weighted by Gasteiger charge is 2.54. The summed E-state index contributed by atoms with van der Waals surface area (Å²) in [5.41, 5.74) is 0.0211. The van der Waals surface area contributed by atoms with E-state index < -0.39 is 0 Å². The molecule has 4 fully saturated rings. The monoisotopic (exact) mass is 291 g/mol. The molecule has 0 radical (unpaired) electrons. The Kier molecular flexibility index (Phi) is 4.09. The van der Waals surface area contributed by atoms with Crippen LogP contribution in [0.2, 0.25) is 0 Å². The Hall–Kier alpha value is -0.530. The van der Waals surface area contributed by atoms with Crippen LogP contribution in [0.4, 0.5) is 0 Å². The molecule has 0 saturated heterocycles. The average Bonchev–Trinajstić information content (AvgIpc) is 2.36. The second-order valence-corrected chi connectivity index (χ2v) is 9.06. The molecule has 21 heavy (non-hydrogen) atoms. The molecule has 0 unspecified atom stereocenters. The number of carbonyl (C=O) groups excluding carboxylic acids is 1. The van der Waals surface area contributed by atoms with Crippen molar-refractivity contribution in [2.75, 3.05) is 6.54 Å². The van der Waals surface area contributed by atoms with Gasteiger partial charge in [0.2, 0.25) is 5.91 Å². The minimum Gasteiger partial charge on any atom is -0.355 e. The molecule has 4 saturated carbocycles. The maximum atomic E-state index is 12.9. The number of carbonyl (C=O) groups is 1. The van der Waals surface area contributed by atoms with E-state index in [0.717, 1.165) is 24.3 Å². The van der Waals surface area contributed by atoms with Crippen molar-refractivity contribution in [3.8, 4) is 0 Å². The Balaban J connectivity index is 1.63. The molecule has 2 heteroatoms. The van der Waals surface area contributed by atoms with Gasteiger partial charge in [-0.25, -0.2) is 0 Å². The second-order valence-electron chi connectivity index (χ2n) is 9.06. The minimum atomic E-state index is 0.0211. The summed E-state index contributed by atoms with van der Waals surface area (Å²) in [5, 5.41) is 3.36. The Morgan fingerprint density at radius 2 is 1.38 bits per heavy atom. The molecule has 2 nitrogen and oxygen atoms in total. The van der Waals surface area contributed by atoms with Crippen LogP contribution >= 0.6 is 0 Å². The standard InChI is InChI=1S/C19H33NO/c1-12(2)17(13(3)4)11-20-18(21)19-8-14-5-15(9-19)7-16(6-14)10-19/h12-17H,5-11H2,1-4H3,(H,20,21). The first-order chi connectivity index (χ1) is 9.89. The normalized spacial score (nSPS) is 37.8. The Labute approximate surface area is 130 Å². The molecular formula is C19H33NO. The van der Waals surface area contributed by atoms with Crippen LogP contribution < -0.4 is 5.32 Å². The highest BCUT2D eigenvalue weighted by Crippen LogP contribution is 2.60. The third kappa shape index (κ3) is 2.87. The van der Waals surface area contributed by atoms with Crippen LogP contribution in [0.3, 0.4) is 0 Å². The lowest BCUT2D eigenvalue weighted by molar-refractivity contribution is -0.146. The molecule has 0 spiro atoms. The van der Waals surface area contributed by atoms with Crippen LogP contribution in [-0.2, 0) is 4.79 Å². The summed E-state index contributed by atoms with van der Waals surface area (Å²) in [6.07, 6.45) is 7.77. The lowest BCUT2D eigenvalue weighted by Gasteiger charge is -2.55. The van der Waals surface area contributed by atoms with Crippen molar-refractivity contribution in [3.05, 3.63) is 0 Å². The van der Waals surface area contributed by atoms with Crippen molar-refractivity contribution in [3.63, 3.8) is 0 Å². The summed E-state index contributed by atoms with van der Waals surface area (Å²) >= 11 is 0. The van der Waals surface area contributed by atoms with Gasteiger partial charge in [0.05, 0.1) is 0 Å². The molecule has 4 aliphatic rings. The van der Waals surface area contributed by atoms with Crippen LogP contribution in [0.15, 0.2) is 0 Å². The number of nitrogens with one attached hydrogen (secondary N) is 1. The van der Waals surface area contributed by atoms with Gasteiger partial charge in [0.15, 0.2) is 0 Å². The molecular weight excluding hydrogens is 258 g/mol. The molecule has 4 bridgehead atoms. The van der Waals surface area contributed by atoms with Gasteiger partial charge in [-0.05, 0) is 74.0 Å². The molecule has 0 aromatic heterocycles. The van der Waals surface area contributed by atoms with Gasteiger partial charge in [-0.15, -0.1) is 0 Å². The SMILES string of the molecule is CC(C)C(CNC(=O)C12CC3CC(CC(C3)C1)C2)C(C)C. The molecule has 0 aromatic carbocycles. The van der Waals surface area contributed by atoms with Gasteiger partial charge in [-0.3, -0.25) is 4.79 Å². The zero-order chi connectivity index (χ0) is 15.2. The van der Waals surface area contributed by atoms with Crippen molar-refractivity contribution in [1.29, 1.82) is 0 Å². The average molecular weight is 291 g/mol. The molecule has 1 N–H and O–H groups in total. The first-order valence-electron chi connectivity index (χ1n) is 9.18. The van der Waals surface area contributed by atoms with Crippen molar-refractivity contribution in [1.82, 2.24) is 5.32 Å². The van der Waals surface area contributed by atoms with Gasteiger partial charge in [0, 0.05) is 12.0 Å². The lowest BCUT2D eigenvalue weighted by Crippen LogP contribution is -2.54.